The first kappa shape index (κ1) is 18.4. The zero-order valence-electron chi connectivity index (χ0n) is 14.2. The lowest BCUT2D eigenvalue weighted by Crippen LogP contribution is -1.79. The monoisotopic (exact) mass is 426 g/mol. The summed E-state index contributed by atoms with van der Waals surface area (Å²) < 4.78 is 2.36. The van der Waals surface area contributed by atoms with Crippen molar-refractivity contribution in [2.24, 2.45) is 0 Å². The minimum Gasteiger partial charge on any atom is -0.0827 e. The molecule has 0 bridgehead atoms. The number of hydrogen-bond donors (Lipinski definition) is 0. The Morgan fingerprint density at radius 2 is 1.12 bits per heavy atom. The summed E-state index contributed by atoms with van der Waals surface area (Å²) in [5, 5.41) is 0. The molecule has 0 radical (unpaired) electrons. The first-order valence-corrected chi connectivity index (χ1v) is 10.5. The molecule has 3 aromatic carbocycles. The molecular weight excluding hydrogens is 408 g/mol. The van der Waals surface area contributed by atoms with Crippen LogP contribution in [0.15, 0.2) is 91.3 Å². The molecule has 0 aromatic heterocycles. The molecule has 0 unspecified atom stereocenters. The van der Waals surface area contributed by atoms with E-state index < -0.39 is 0 Å². The Morgan fingerprint density at radius 1 is 0.680 bits per heavy atom. The van der Waals surface area contributed by atoms with Crippen molar-refractivity contribution in [2.45, 2.75) is 23.6 Å². The van der Waals surface area contributed by atoms with Crippen molar-refractivity contribution in [1.82, 2.24) is 0 Å². The van der Waals surface area contributed by atoms with Gasteiger partial charge in [0.05, 0.1) is 4.24 Å². The van der Waals surface area contributed by atoms with Gasteiger partial charge in [0.1, 0.15) is 0 Å². The number of hydrogen-bond acceptors (Lipinski definition) is 2. The van der Waals surface area contributed by atoms with Crippen LogP contribution in [0.4, 0.5) is 0 Å². The van der Waals surface area contributed by atoms with Crippen molar-refractivity contribution in [2.75, 3.05) is 0 Å². The van der Waals surface area contributed by atoms with Gasteiger partial charge in [-0.3, -0.25) is 0 Å². The van der Waals surface area contributed by atoms with Gasteiger partial charge in [-0.1, -0.05) is 87.0 Å². The van der Waals surface area contributed by atoms with Crippen LogP contribution in [0.3, 0.4) is 0 Å². The van der Waals surface area contributed by atoms with Gasteiger partial charge in [-0.25, -0.2) is 0 Å². The highest BCUT2D eigenvalue weighted by Crippen LogP contribution is 2.40. The molecule has 0 aliphatic carbocycles. The van der Waals surface area contributed by atoms with E-state index in [0.29, 0.717) is 0 Å². The molecule has 0 heterocycles. The van der Waals surface area contributed by atoms with E-state index in [9.17, 15) is 0 Å². The van der Waals surface area contributed by atoms with Gasteiger partial charge >= 0.3 is 0 Å². The smallest absolute Gasteiger partial charge is 0.0504 e. The average molecular weight is 427 g/mol. The molecule has 0 amide bonds. The van der Waals surface area contributed by atoms with Crippen LogP contribution in [0.1, 0.15) is 16.7 Å². The second-order valence-corrected chi connectivity index (χ2v) is 9.25. The van der Waals surface area contributed by atoms with E-state index >= 15 is 0 Å². The topological polar surface area (TPSA) is 0 Å². The molecular formula is C22H19BrS2. The third kappa shape index (κ3) is 5.81. The fraction of sp³-hybridized carbons (Fsp3) is 0.0909. The fourth-order valence-electron chi connectivity index (χ4n) is 2.22. The summed E-state index contributed by atoms with van der Waals surface area (Å²) in [4.78, 5) is 2.52. The van der Waals surface area contributed by atoms with Crippen LogP contribution in [0, 0.1) is 13.8 Å². The molecule has 0 N–H and O–H groups in total. The third-order valence-corrected chi connectivity index (χ3v) is 6.32. The first-order chi connectivity index (χ1) is 12.1. The Bertz CT molecular complexity index is 799. The molecule has 3 aromatic rings. The molecule has 0 aliphatic rings. The number of halogens is 1. The number of aryl methyl sites for hydroxylation is 2. The van der Waals surface area contributed by atoms with E-state index in [-0.39, 0.29) is 0 Å². The maximum absolute atomic E-state index is 3.50. The average Bonchev–Trinajstić information content (AvgIpc) is 2.61. The molecule has 0 atom stereocenters. The Hall–Kier alpha value is -1.42. The zero-order valence-corrected chi connectivity index (χ0v) is 17.4. The number of rotatable bonds is 5. The summed E-state index contributed by atoms with van der Waals surface area (Å²) in [7, 11) is 0. The molecule has 3 heteroatoms. The zero-order chi connectivity index (χ0) is 17.6. The standard InChI is InChI=1S/C22H19BrS2/c1-16-3-11-20(12-4-16)24-22(15-18-7-9-19(23)10-8-18)25-21-13-5-17(2)6-14-21/h3-15H,1-2H3. The summed E-state index contributed by atoms with van der Waals surface area (Å²) in [6, 6.07) is 25.8. The van der Waals surface area contributed by atoms with Gasteiger partial charge in [0.2, 0.25) is 0 Å². The number of thioether (sulfide) groups is 2. The Kier molecular flexibility index (Phi) is 6.46. The summed E-state index contributed by atoms with van der Waals surface area (Å²) in [6.45, 7) is 4.24. The van der Waals surface area contributed by atoms with Gasteiger partial charge in [-0.2, -0.15) is 0 Å². The maximum atomic E-state index is 3.50. The van der Waals surface area contributed by atoms with Gasteiger partial charge in [0.15, 0.2) is 0 Å². The molecule has 126 valence electrons. The Balaban J connectivity index is 1.87. The van der Waals surface area contributed by atoms with Crippen LogP contribution in [-0.4, -0.2) is 0 Å². The predicted molar refractivity (Wildman–Crippen MR) is 116 cm³/mol. The quantitative estimate of drug-likeness (QED) is 0.379. The highest BCUT2D eigenvalue weighted by Gasteiger charge is 2.05. The van der Waals surface area contributed by atoms with E-state index in [2.05, 4.69) is 109 Å². The summed E-state index contributed by atoms with van der Waals surface area (Å²) in [5.74, 6) is 0. The minimum absolute atomic E-state index is 1.10. The van der Waals surface area contributed by atoms with Gasteiger partial charge in [0, 0.05) is 14.3 Å². The summed E-state index contributed by atoms with van der Waals surface area (Å²) in [6.07, 6.45) is 2.25. The fourth-order valence-corrected chi connectivity index (χ4v) is 4.63. The van der Waals surface area contributed by atoms with Crippen LogP contribution in [-0.2, 0) is 0 Å². The minimum atomic E-state index is 1.10. The molecule has 0 fully saturated rings. The molecule has 3 rings (SSSR count). The maximum Gasteiger partial charge on any atom is 0.0504 e. The SMILES string of the molecule is Cc1ccc(SC(=Cc2ccc(Br)cc2)Sc2ccc(C)cc2)cc1. The van der Waals surface area contributed by atoms with E-state index in [0.717, 1.165) is 4.47 Å². The van der Waals surface area contributed by atoms with Gasteiger partial charge < -0.3 is 0 Å². The van der Waals surface area contributed by atoms with Crippen LogP contribution >= 0.6 is 39.5 Å². The Morgan fingerprint density at radius 3 is 1.56 bits per heavy atom. The largest absolute Gasteiger partial charge is 0.0827 e. The second kappa shape index (κ2) is 8.79. The molecule has 0 aliphatic heterocycles. The summed E-state index contributed by atoms with van der Waals surface area (Å²) in [5.41, 5.74) is 3.78. The first-order valence-electron chi connectivity index (χ1n) is 8.05. The van der Waals surface area contributed by atoms with Gasteiger partial charge in [0.25, 0.3) is 0 Å². The predicted octanol–water partition coefficient (Wildman–Crippen LogP) is 7.95. The third-order valence-electron chi connectivity index (χ3n) is 3.63. The molecule has 25 heavy (non-hydrogen) atoms. The van der Waals surface area contributed by atoms with Crippen LogP contribution < -0.4 is 0 Å². The lowest BCUT2D eigenvalue weighted by molar-refractivity contribution is 1.38. The normalized spacial score (nSPS) is 10.5. The van der Waals surface area contributed by atoms with Crippen molar-refractivity contribution in [3.05, 3.63) is 98.2 Å². The van der Waals surface area contributed by atoms with Crippen molar-refractivity contribution < 1.29 is 0 Å². The van der Waals surface area contributed by atoms with Crippen LogP contribution in [0.5, 0.6) is 0 Å². The van der Waals surface area contributed by atoms with Crippen molar-refractivity contribution in [3.63, 3.8) is 0 Å². The van der Waals surface area contributed by atoms with Crippen LogP contribution in [0.2, 0.25) is 0 Å². The highest BCUT2D eigenvalue weighted by atomic mass is 79.9. The molecule has 0 saturated carbocycles. The second-order valence-electron chi connectivity index (χ2n) is 5.85. The molecule has 0 spiro atoms. The van der Waals surface area contributed by atoms with E-state index in [4.69, 9.17) is 0 Å². The molecule has 0 saturated heterocycles. The van der Waals surface area contributed by atoms with Crippen molar-refractivity contribution in [1.29, 1.82) is 0 Å². The lowest BCUT2D eigenvalue weighted by atomic mass is 10.2. The Labute approximate surface area is 166 Å². The number of benzene rings is 3. The molecule has 0 nitrogen and oxygen atoms in total. The van der Waals surface area contributed by atoms with Crippen molar-refractivity contribution in [3.8, 4) is 0 Å². The van der Waals surface area contributed by atoms with E-state index in [1.807, 2.05) is 23.5 Å². The van der Waals surface area contributed by atoms with Crippen LogP contribution in [0.25, 0.3) is 6.08 Å². The van der Waals surface area contributed by atoms with E-state index in [1.165, 1.54) is 30.7 Å². The van der Waals surface area contributed by atoms with Crippen molar-refractivity contribution >= 4 is 45.5 Å². The summed E-state index contributed by atoms with van der Waals surface area (Å²) >= 11 is 7.12. The van der Waals surface area contributed by atoms with Gasteiger partial charge in [-0.15, -0.1) is 0 Å². The van der Waals surface area contributed by atoms with Gasteiger partial charge in [-0.05, 0) is 61.9 Å². The van der Waals surface area contributed by atoms with E-state index in [1.54, 1.807) is 0 Å². The lowest BCUT2D eigenvalue weighted by Gasteiger charge is -2.09. The highest BCUT2D eigenvalue weighted by molar-refractivity contribution is 9.10.